The Labute approximate surface area is 118 Å². The first-order valence-corrected chi connectivity index (χ1v) is 5.88. The molecule has 4 nitrogen and oxygen atoms in total. The molecule has 0 fully saturated rings. The van der Waals surface area contributed by atoms with Gasteiger partial charge in [-0.25, -0.2) is 4.90 Å². The normalized spacial score (nSPS) is 15.7. The second kappa shape index (κ2) is 4.80. The molecule has 1 aliphatic heterocycles. The lowest BCUT2D eigenvalue weighted by molar-refractivity contribution is -0.120. The summed E-state index contributed by atoms with van der Waals surface area (Å²) < 4.78 is 5.01. The largest absolute Gasteiger partial charge is 0.495 e. The Balaban J connectivity index is 2.46. The molecule has 1 aromatic carbocycles. The topological polar surface area (TPSA) is 46.6 Å². The summed E-state index contributed by atoms with van der Waals surface area (Å²) in [5.74, 6) is -0.999. The number of methoxy groups -OCH3 is 1. The van der Waals surface area contributed by atoms with Crippen molar-refractivity contribution in [1.29, 1.82) is 0 Å². The summed E-state index contributed by atoms with van der Waals surface area (Å²) in [6, 6.07) is 4.47. The van der Waals surface area contributed by atoms with Gasteiger partial charge in [0.15, 0.2) is 0 Å². The van der Waals surface area contributed by atoms with Crippen LogP contribution < -0.4 is 9.64 Å². The van der Waals surface area contributed by atoms with Crippen LogP contribution in [0.2, 0.25) is 5.02 Å². The highest BCUT2D eigenvalue weighted by Crippen LogP contribution is 2.35. The molecular formula is C11H6Cl3NO3. The van der Waals surface area contributed by atoms with Crippen LogP contribution >= 0.6 is 34.8 Å². The van der Waals surface area contributed by atoms with Gasteiger partial charge in [-0.2, -0.15) is 0 Å². The number of imide groups is 1. The maximum absolute atomic E-state index is 11.8. The highest BCUT2D eigenvalue weighted by molar-refractivity contribution is 6.62. The molecule has 0 radical (unpaired) electrons. The van der Waals surface area contributed by atoms with Gasteiger partial charge in [0.2, 0.25) is 0 Å². The van der Waals surface area contributed by atoms with Crippen molar-refractivity contribution in [2.24, 2.45) is 0 Å². The lowest BCUT2D eigenvalue weighted by Gasteiger charge is -2.15. The summed E-state index contributed by atoms with van der Waals surface area (Å²) >= 11 is 17.1. The number of amides is 2. The molecule has 0 saturated carbocycles. The van der Waals surface area contributed by atoms with E-state index < -0.39 is 11.8 Å². The number of rotatable bonds is 2. The summed E-state index contributed by atoms with van der Waals surface area (Å²) in [7, 11) is 1.43. The van der Waals surface area contributed by atoms with E-state index in [1.54, 1.807) is 0 Å². The molecule has 0 saturated heterocycles. The number of halogens is 3. The minimum absolute atomic E-state index is 0.292. The molecule has 0 bridgehead atoms. The molecule has 0 unspecified atom stereocenters. The molecule has 1 aliphatic rings. The molecule has 0 aliphatic carbocycles. The van der Waals surface area contributed by atoms with E-state index in [0.29, 0.717) is 16.5 Å². The van der Waals surface area contributed by atoms with Crippen molar-refractivity contribution >= 4 is 52.3 Å². The predicted molar refractivity (Wildman–Crippen MR) is 69.2 cm³/mol. The average molecular weight is 307 g/mol. The number of ether oxygens (including phenoxy) is 1. The molecule has 0 spiro atoms. The summed E-state index contributed by atoms with van der Waals surface area (Å²) in [6.07, 6.45) is 0. The van der Waals surface area contributed by atoms with E-state index in [4.69, 9.17) is 39.5 Å². The van der Waals surface area contributed by atoms with Crippen LogP contribution in [-0.2, 0) is 9.59 Å². The molecule has 0 N–H and O–H groups in total. The van der Waals surface area contributed by atoms with Gasteiger partial charge in [-0.15, -0.1) is 0 Å². The molecular weight excluding hydrogens is 300 g/mol. The van der Waals surface area contributed by atoms with E-state index in [-0.39, 0.29) is 10.1 Å². The molecule has 1 aromatic rings. The zero-order chi connectivity index (χ0) is 13.4. The highest BCUT2D eigenvalue weighted by atomic mass is 35.5. The van der Waals surface area contributed by atoms with Crippen LogP contribution in [0.4, 0.5) is 5.69 Å². The molecule has 7 heteroatoms. The Morgan fingerprint density at radius 2 is 1.61 bits per heavy atom. The fraction of sp³-hybridized carbons (Fsp3) is 0.0909. The van der Waals surface area contributed by atoms with Crippen molar-refractivity contribution in [3.8, 4) is 5.75 Å². The predicted octanol–water partition coefficient (Wildman–Crippen LogP) is 2.91. The van der Waals surface area contributed by atoms with Crippen molar-refractivity contribution in [3.05, 3.63) is 33.3 Å². The van der Waals surface area contributed by atoms with E-state index in [9.17, 15) is 9.59 Å². The quantitative estimate of drug-likeness (QED) is 0.789. The highest BCUT2D eigenvalue weighted by Gasteiger charge is 2.38. The van der Waals surface area contributed by atoms with Crippen LogP contribution in [0.25, 0.3) is 0 Å². The number of nitrogens with zero attached hydrogens (tertiary/aromatic N) is 1. The summed E-state index contributed by atoms with van der Waals surface area (Å²) in [6.45, 7) is 0. The maximum Gasteiger partial charge on any atom is 0.278 e. The third kappa shape index (κ3) is 1.96. The van der Waals surface area contributed by atoms with Gasteiger partial charge in [0.1, 0.15) is 15.8 Å². The number of carbonyl (C=O) groups excluding carboxylic acids is 2. The number of hydrogen-bond donors (Lipinski definition) is 0. The van der Waals surface area contributed by atoms with Gasteiger partial charge in [-0.3, -0.25) is 9.59 Å². The Bertz CT molecular complexity index is 559. The van der Waals surface area contributed by atoms with E-state index in [1.807, 2.05) is 0 Å². The van der Waals surface area contributed by atoms with Crippen molar-refractivity contribution in [2.45, 2.75) is 0 Å². The fourth-order valence-corrected chi connectivity index (χ4v) is 2.02. The van der Waals surface area contributed by atoms with Gasteiger partial charge in [0.25, 0.3) is 11.8 Å². The lowest BCUT2D eigenvalue weighted by atomic mass is 10.2. The molecule has 0 atom stereocenters. The van der Waals surface area contributed by atoms with Crippen molar-refractivity contribution in [2.75, 3.05) is 12.0 Å². The van der Waals surface area contributed by atoms with E-state index >= 15 is 0 Å². The van der Waals surface area contributed by atoms with Crippen LogP contribution in [0.15, 0.2) is 28.3 Å². The minimum atomic E-state index is -0.670. The van der Waals surface area contributed by atoms with E-state index in [1.165, 1.54) is 25.3 Å². The Hall–Kier alpha value is -1.23. The summed E-state index contributed by atoms with van der Waals surface area (Å²) in [5, 5.41) is -0.225. The number of anilines is 1. The van der Waals surface area contributed by atoms with Gasteiger partial charge in [-0.05, 0) is 12.1 Å². The molecule has 0 aromatic heterocycles. The minimum Gasteiger partial charge on any atom is -0.495 e. The zero-order valence-electron chi connectivity index (χ0n) is 9.04. The third-order valence-corrected chi connectivity index (χ3v) is 3.48. The number of hydrogen-bond acceptors (Lipinski definition) is 3. The summed E-state index contributed by atoms with van der Waals surface area (Å²) in [5.41, 5.74) is 0.292. The smallest absolute Gasteiger partial charge is 0.278 e. The molecule has 18 heavy (non-hydrogen) atoms. The van der Waals surface area contributed by atoms with Crippen LogP contribution in [0.5, 0.6) is 5.75 Å². The summed E-state index contributed by atoms with van der Waals surface area (Å²) in [4.78, 5) is 24.4. The van der Waals surface area contributed by atoms with E-state index in [2.05, 4.69) is 0 Å². The van der Waals surface area contributed by atoms with Crippen molar-refractivity contribution < 1.29 is 14.3 Å². The van der Waals surface area contributed by atoms with E-state index in [0.717, 1.165) is 4.90 Å². The fourth-order valence-electron chi connectivity index (χ4n) is 1.50. The van der Waals surface area contributed by atoms with Crippen molar-refractivity contribution in [3.63, 3.8) is 0 Å². The van der Waals surface area contributed by atoms with Crippen molar-refractivity contribution in [1.82, 2.24) is 0 Å². The first-order valence-electron chi connectivity index (χ1n) is 4.75. The van der Waals surface area contributed by atoms with Gasteiger partial charge in [0.05, 0.1) is 17.8 Å². The molecule has 1 heterocycles. The maximum atomic E-state index is 11.8. The lowest BCUT2D eigenvalue weighted by Crippen LogP contribution is -2.30. The van der Waals surface area contributed by atoms with Crippen LogP contribution in [0.3, 0.4) is 0 Å². The molecule has 2 amide bonds. The molecule has 2 rings (SSSR count). The monoisotopic (exact) mass is 305 g/mol. The van der Waals surface area contributed by atoms with Gasteiger partial charge in [0, 0.05) is 6.07 Å². The van der Waals surface area contributed by atoms with Gasteiger partial charge >= 0.3 is 0 Å². The second-order valence-electron chi connectivity index (χ2n) is 3.39. The second-order valence-corrected chi connectivity index (χ2v) is 4.56. The Morgan fingerprint density at radius 1 is 1.06 bits per heavy atom. The number of carbonyl (C=O) groups is 2. The first-order chi connectivity index (χ1) is 8.47. The van der Waals surface area contributed by atoms with Crippen LogP contribution in [0.1, 0.15) is 0 Å². The SMILES string of the molecule is COc1cc(N2C(=O)C(Cl)=C(Cl)C2=O)ccc1Cl. The van der Waals surface area contributed by atoms with Gasteiger partial charge in [-0.1, -0.05) is 34.8 Å². The van der Waals surface area contributed by atoms with Crippen LogP contribution in [0, 0.1) is 0 Å². The molecule has 94 valence electrons. The Morgan fingerprint density at radius 3 is 2.11 bits per heavy atom. The zero-order valence-corrected chi connectivity index (χ0v) is 11.3. The average Bonchev–Trinajstić information content (AvgIpc) is 2.55. The van der Waals surface area contributed by atoms with Gasteiger partial charge < -0.3 is 4.74 Å². The third-order valence-electron chi connectivity index (χ3n) is 2.37. The standard InChI is InChI=1S/C11H6Cl3NO3/c1-18-7-4-5(2-3-6(7)12)15-10(16)8(13)9(14)11(15)17/h2-4H,1H3. The first kappa shape index (κ1) is 13.2. The number of benzene rings is 1. The van der Waals surface area contributed by atoms with Crippen LogP contribution in [-0.4, -0.2) is 18.9 Å². The Kier molecular flexibility index (Phi) is 3.52.